The Morgan fingerprint density at radius 2 is 2.29 bits per heavy atom. The largest absolute Gasteiger partial charge is 0.392 e. The molecule has 14 heavy (non-hydrogen) atoms. The average Bonchev–Trinajstić information content (AvgIpc) is 2.01. The van der Waals surface area contributed by atoms with Gasteiger partial charge in [0.1, 0.15) is 0 Å². The van der Waals surface area contributed by atoms with Gasteiger partial charge in [0.15, 0.2) is 0 Å². The van der Waals surface area contributed by atoms with Gasteiger partial charge in [-0.25, -0.2) is 0 Å². The number of rotatable bonds is 4. The highest BCUT2D eigenvalue weighted by Crippen LogP contribution is 2.11. The lowest BCUT2D eigenvalue weighted by molar-refractivity contribution is 0.375. The topological polar surface area (TPSA) is 29.3 Å². The summed E-state index contributed by atoms with van der Waals surface area (Å²) >= 11 is 10.7. The Labute approximate surface area is 94.7 Å². The first-order chi connectivity index (χ1) is 6.58. The summed E-state index contributed by atoms with van der Waals surface area (Å²) in [5.41, 5.74) is 6.60. The molecule has 0 unspecified atom stereocenters. The van der Waals surface area contributed by atoms with Gasteiger partial charge in [0.2, 0.25) is 0 Å². The van der Waals surface area contributed by atoms with Crippen LogP contribution in [0.2, 0.25) is 5.02 Å². The van der Waals surface area contributed by atoms with Crippen LogP contribution in [0.3, 0.4) is 0 Å². The predicted octanol–water partition coefficient (Wildman–Crippen LogP) is 2.06. The summed E-state index contributed by atoms with van der Waals surface area (Å²) in [5, 5.41) is 0.756. The lowest BCUT2D eigenvalue weighted by atomic mass is 10.2. The molecule has 4 heteroatoms. The highest BCUT2D eigenvalue weighted by atomic mass is 35.5. The normalized spacial score (nSPS) is 10.5. The number of nitrogens with two attached hydrogens (primary N) is 1. The minimum atomic E-state index is 0.509. The van der Waals surface area contributed by atoms with Crippen molar-refractivity contribution in [2.75, 3.05) is 13.6 Å². The van der Waals surface area contributed by atoms with Gasteiger partial charge in [-0.05, 0) is 24.7 Å². The van der Waals surface area contributed by atoms with Crippen LogP contribution in [-0.2, 0) is 6.54 Å². The number of hydrogen-bond acceptors (Lipinski definition) is 2. The molecule has 0 radical (unpaired) electrons. The molecule has 1 aromatic carbocycles. The second-order valence-electron chi connectivity index (χ2n) is 3.27. The standard InChI is InChI=1S/C10H13ClN2S/c1-13(7-10(12)14)6-8-3-2-4-9(11)5-8/h2-5H,6-7H2,1H3,(H2,12,14). The Bertz CT molecular complexity index is 328. The summed E-state index contributed by atoms with van der Waals surface area (Å²) < 4.78 is 0. The quantitative estimate of drug-likeness (QED) is 0.800. The smallest absolute Gasteiger partial charge is 0.0870 e. The van der Waals surface area contributed by atoms with Crippen LogP contribution in [0.1, 0.15) is 5.56 Å². The van der Waals surface area contributed by atoms with Gasteiger partial charge < -0.3 is 5.73 Å². The molecule has 0 saturated carbocycles. The first-order valence-corrected chi connectivity index (χ1v) is 5.08. The van der Waals surface area contributed by atoms with Crippen LogP contribution in [0.5, 0.6) is 0 Å². The summed E-state index contributed by atoms with van der Waals surface area (Å²) in [4.78, 5) is 2.56. The predicted molar refractivity (Wildman–Crippen MR) is 64.6 cm³/mol. The SMILES string of the molecule is CN(CC(N)=S)Cc1cccc(Cl)c1. The van der Waals surface area contributed by atoms with Crippen LogP contribution < -0.4 is 5.73 Å². The fraction of sp³-hybridized carbons (Fsp3) is 0.300. The number of benzene rings is 1. The lowest BCUT2D eigenvalue weighted by Crippen LogP contribution is -2.28. The highest BCUT2D eigenvalue weighted by molar-refractivity contribution is 7.80. The van der Waals surface area contributed by atoms with E-state index in [0.29, 0.717) is 11.5 Å². The second kappa shape index (κ2) is 5.29. The molecule has 0 bridgehead atoms. The number of halogens is 1. The number of nitrogens with zero attached hydrogens (tertiary/aromatic N) is 1. The van der Waals surface area contributed by atoms with Crippen molar-refractivity contribution < 1.29 is 0 Å². The molecule has 76 valence electrons. The first-order valence-electron chi connectivity index (χ1n) is 4.29. The molecular formula is C10H13ClN2S. The van der Waals surface area contributed by atoms with E-state index in [1.807, 2.05) is 36.2 Å². The molecule has 2 nitrogen and oxygen atoms in total. The van der Waals surface area contributed by atoms with Crippen molar-refractivity contribution in [2.24, 2.45) is 5.73 Å². The van der Waals surface area contributed by atoms with Crippen LogP contribution in [-0.4, -0.2) is 23.5 Å². The molecule has 0 aliphatic rings. The van der Waals surface area contributed by atoms with Crippen LogP contribution in [0.15, 0.2) is 24.3 Å². The highest BCUT2D eigenvalue weighted by Gasteiger charge is 2.01. The zero-order valence-corrected chi connectivity index (χ0v) is 9.61. The third-order valence-electron chi connectivity index (χ3n) is 1.77. The minimum Gasteiger partial charge on any atom is -0.392 e. The summed E-state index contributed by atoms with van der Waals surface area (Å²) in [5.74, 6) is 0. The van der Waals surface area contributed by atoms with Crippen molar-refractivity contribution in [3.63, 3.8) is 0 Å². The van der Waals surface area contributed by atoms with Gasteiger partial charge in [-0.2, -0.15) is 0 Å². The van der Waals surface area contributed by atoms with Gasteiger partial charge in [0.05, 0.1) is 4.99 Å². The fourth-order valence-electron chi connectivity index (χ4n) is 1.27. The Kier molecular flexibility index (Phi) is 4.32. The van der Waals surface area contributed by atoms with Crippen LogP contribution in [0.25, 0.3) is 0 Å². The molecule has 0 heterocycles. The summed E-state index contributed by atoms with van der Waals surface area (Å²) in [6, 6.07) is 7.77. The van der Waals surface area contributed by atoms with Crippen LogP contribution >= 0.6 is 23.8 Å². The Morgan fingerprint density at radius 3 is 2.86 bits per heavy atom. The van der Waals surface area contributed by atoms with Crippen molar-refractivity contribution in [2.45, 2.75) is 6.54 Å². The molecule has 2 N–H and O–H groups in total. The maximum atomic E-state index is 5.87. The maximum Gasteiger partial charge on any atom is 0.0870 e. The van der Waals surface area contributed by atoms with E-state index in [1.54, 1.807) is 0 Å². The Morgan fingerprint density at radius 1 is 1.57 bits per heavy atom. The lowest BCUT2D eigenvalue weighted by Gasteiger charge is -2.15. The summed E-state index contributed by atoms with van der Waals surface area (Å²) in [7, 11) is 1.97. The molecule has 0 atom stereocenters. The summed E-state index contributed by atoms with van der Waals surface area (Å²) in [6.45, 7) is 1.43. The van der Waals surface area contributed by atoms with E-state index in [2.05, 4.69) is 0 Å². The molecule has 0 fully saturated rings. The number of likely N-dealkylation sites (N-methyl/N-ethyl adjacent to an activating group) is 1. The zero-order chi connectivity index (χ0) is 10.6. The molecule has 0 aromatic heterocycles. The van der Waals surface area contributed by atoms with Gasteiger partial charge in [0, 0.05) is 18.1 Å². The number of hydrogen-bond donors (Lipinski definition) is 1. The molecule has 1 rings (SSSR count). The van der Waals surface area contributed by atoms with Crippen LogP contribution in [0.4, 0.5) is 0 Å². The van der Waals surface area contributed by atoms with Gasteiger partial charge in [-0.15, -0.1) is 0 Å². The molecule has 1 aromatic rings. The molecule has 0 spiro atoms. The van der Waals surface area contributed by atoms with Gasteiger partial charge in [0.25, 0.3) is 0 Å². The van der Waals surface area contributed by atoms with Gasteiger partial charge in [-0.3, -0.25) is 4.90 Å². The maximum absolute atomic E-state index is 5.87. The third kappa shape index (κ3) is 4.05. The van der Waals surface area contributed by atoms with E-state index in [1.165, 1.54) is 0 Å². The minimum absolute atomic E-state index is 0.509. The number of thiocarbonyl (C=S) groups is 1. The fourth-order valence-corrected chi connectivity index (χ4v) is 1.70. The molecule has 0 aliphatic carbocycles. The molecular weight excluding hydrogens is 216 g/mol. The van der Waals surface area contributed by atoms with Crippen molar-refractivity contribution >= 4 is 28.8 Å². The molecule has 0 saturated heterocycles. The van der Waals surface area contributed by atoms with E-state index in [4.69, 9.17) is 29.6 Å². The first kappa shape index (κ1) is 11.4. The van der Waals surface area contributed by atoms with E-state index in [0.717, 1.165) is 17.1 Å². The van der Waals surface area contributed by atoms with Crippen molar-refractivity contribution in [3.8, 4) is 0 Å². The van der Waals surface area contributed by atoms with Gasteiger partial charge >= 0.3 is 0 Å². The molecule has 0 aliphatic heterocycles. The van der Waals surface area contributed by atoms with Crippen LogP contribution in [0, 0.1) is 0 Å². The van der Waals surface area contributed by atoms with Crippen molar-refractivity contribution in [3.05, 3.63) is 34.9 Å². The molecule has 0 amide bonds. The van der Waals surface area contributed by atoms with E-state index >= 15 is 0 Å². The van der Waals surface area contributed by atoms with E-state index in [9.17, 15) is 0 Å². The van der Waals surface area contributed by atoms with E-state index < -0.39 is 0 Å². The second-order valence-corrected chi connectivity index (χ2v) is 4.23. The van der Waals surface area contributed by atoms with Gasteiger partial charge in [-0.1, -0.05) is 36.0 Å². The van der Waals surface area contributed by atoms with Crippen molar-refractivity contribution in [1.29, 1.82) is 0 Å². The summed E-state index contributed by atoms with van der Waals surface area (Å²) in [6.07, 6.45) is 0. The van der Waals surface area contributed by atoms with E-state index in [-0.39, 0.29) is 0 Å². The Hall–Kier alpha value is -0.640. The average molecular weight is 229 g/mol. The third-order valence-corrected chi connectivity index (χ3v) is 2.13. The zero-order valence-electron chi connectivity index (χ0n) is 8.03. The monoisotopic (exact) mass is 228 g/mol. The van der Waals surface area contributed by atoms with Crippen molar-refractivity contribution in [1.82, 2.24) is 4.90 Å². The Balaban J connectivity index is 2.55.